The second kappa shape index (κ2) is 8.85. The molecule has 0 fully saturated rings. The van der Waals surface area contributed by atoms with Gasteiger partial charge in [0.15, 0.2) is 0 Å². The Labute approximate surface area is 123 Å². The molecule has 0 aromatic heterocycles. The number of benzene rings is 1. The minimum absolute atomic E-state index is 0.167. The molecule has 0 aliphatic rings. The highest BCUT2D eigenvalue weighted by atomic mass is 16.5. The van der Waals surface area contributed by atoms with E-state index in [2.05, 4.69) is 39.8 Å². The minimum atomic E-state index is 0.167. The minimum Gasteiger partial charge on any atom is -0.493 e. The Bertz CT molecular complexity index is 404. The lowest BCUT2D eigenvalue weighted by atomic mass is 10.0. The normalized spacial score (nSPS) is 12.2. The standard InChI is InChI=1S/C17H29NO2/c1-5-8-19-16-12-14(11-15(18)7-3)17(10-13(16)4)20-9-6-2/h10,12,15H,5-9,11,18H2,1-4H3. The molecule has 0 heterocycles. The molecule has 2 N–H and O–H groups in total. The molecule has 3 nitrogen and oxygen atoms in total. The summed E-state index contributed by atoms with van der Waals surface area (Å²) in [5.41, 5.74) is 8.37. The van der Waals surface area contributed by atoms with Crippen LogP contribution in [-0.2, 0) is 6.42 Å². The van der Waals surface area contributed by atoms with Crippen LogP contribution in [-0.4, -0.2) is 19.3 Å². The number of aryl methyl sites for hydroxylation is 1. The summed E-state index contributed by atoms with van der Waals surface area (Å²) in [5, 5.41) is 0. The van der Waals surface area contributed by atoms with Crippen molar-refractivity contribution in [3.63, 3.8) is 0 Å². The molecule has 0 aliphatic heterocycles. The van der Waals surface area contributed by atoms with Crippen LogP contribution in [0.5, 0.6) is 11.5 Å². The average Bonchev–Trinajstić information content (AvgIpc) is 2.45. The summed E-state index contributed by atoms with van der Waals surface area (Å²) < 4.78 is 11.7. The molecule has 0 saturated heterocycles. The van der Waals surface area contributed by atoms with Crippen molar-refractivity contribution in [1.82, 2.24) is 0 Å². The third-order valence-electron chi connectivity index (χ3n) is 3.29. The summed E-state index contributed by atoms with van der Waals surface area (Å²) >= 11 is 0. The van der Waals surface area contributed by atoms with E-state index in [1.807, 2.05) is 0 Å². The number of rotatable bonds is 9. The van der Waals surface area contributed by atoms with Gasteiger partial charge in [0.25, 0.3) is 0 Å². The van der Waals surface area contributed by atoms with Crippen LogP contribution in [0.4, 0.5) is 0 Å². The van der Waals surface area contributed by atoms with Gasteiger partial charge in [-0.3, -0.25) is 0 Å². The summed E-state index contributed by atoms with van der Waals surface area (Å²) in [5.74, 6) is 1.91. The van der Waals surface area contributed by atoms with Crippen molar-refractivity contribution in [3.8, 4) is 11.5 Å². The fourth-order valence-corrected chi connectivity index (χ4v) is 2.00. The molecule has 20 heavy (non-hydrogen) atoms. The topological polar surface area (TPSA) is 44.5 Å². The van der Waals surface area contributed by atoms with Gasteiger partial charge in [0, 0.05) is 6.04 Å². The van der Waals surface area contributed by atoms with Gasteiger partial charge in [0.05, 0.1) is 13.2 Å². The molecule has 1 unspecified atom stereocenters. The average molecular weight is 279 g/mol. The third kappa shape index (κ3) is 5.04. The Balaban J connectivity index is 2.98. The third-order valence-corrected chi connectivity index (χ3v) is 3.29. The summed E-state index contributed by atoms with van der Waals surface area (Å²) in [4.78, 5) is 0. The summed E-state index contributed by atoms with van der Waals surface area (Å²) in [6.45, 7) is 9.89. The molecule has 0 bridgehead atoms. The van der Waals surface area contributed by atoms with Gasteiger partial charge in [0.1, 0.15) is 11.5 Å². The largest absolute Gasteiger partial charge is 0.493 e. The van der Waals surface area contributed by atoms with E-state index in [9.17, 15) is 0 Å². The van der Waals surface area contributed by atoms with Crippen molar-refractivity contribution in [2.24, 2.45) is 5.73 Å². The number of hydrogen-bond acceptors (Lipinski definition) is 3. The smallest absolute Gasteiger partial charge is 0.123 e. The van der Waals surface area contributed by atoms with Gasteiger partial charge in [-0.1, -0.05) is 20.8 Å². The Morgan fingerprint density at radius 1 is 1.00 bits per heavy atom. The van der Waals surface area contributed by atoms with E-state index in [1.54, 1.807) is 0 Å². The molecule has 3 heteroatoms. The molecule has 0 saturated carbocycles. The van der Waals surface area contributed by atoms with E-state index in [0.29, 0.717) is 0 Å². The van der Waals surface area contributed by atoms with Crippen LogP contribution in [0, 0.1) is 6.92 Å². The van der Waals surface area contributed by atoms with Gasteiger partial charge in [-0.2, -0.15) is 0 Å². The van der Waals surface area contributed by atoms with Crippen LogP contribution >= 0.6 is 0 Å². The molecule has 0 aliphatic carbocycles. The summed E-state index contributed by atoms with van der Waals surface area (Å²) in [6, 6.07) is 4.35. The van der Waals surface area contributed by atoms with Crippen molar-refractivity contribution < 1.29 is 9.47 Å². The molecule has 1 aromatic carbocycles. The van der Waals surface area contributed by atoms with Crippen molar-refractivity contribution in [1.29, 1.82) is 0 Å². The van der Waals surface area contributed by atoms with E-state index >= 15 is 0 Å². The maximum atomic E-state index is 6.09. The second-order valence-electron chi connectivity index (χ2n) is 5.29. The quantitative estimate of drug-likeness (QED) is 0.746. The molecule has 1 atom stereocenters. The zero-order chi connectivity index (χ0) is 15.0. The fraction of sp³-hybridized carbons (Fsp3) is 0.647. The van der Waals surface area contributed by atoms with Crippen LogP contribution in [0.1, 0.15) is 51.2 Å². The van der Waals surface area contributed by atoms with E-state index < -0.39 is 0 Å². The molecular weight excluding hydrogens is 250 g/mol. The van der Waals surface area contributed by atoms with Gasteiger partial charge in [-0.05, 0) is 55.9 Å². The molecule has 114 valence electrons. The predicted octanol–water partition coefficient (Wildman–Crippen LogP) is 3.85. The monoisotopic (exact) mass is 279 g/mol. The lowest BCUT2D eigenvalue weighted by Gasteiger charge is -2.17. The number of nitrogens with two attached hydrogens (primary N) is 1. The van der Waals surface area contributed by atoms with E-state index in [1.165, 1.54) is 0 Å². The van der Waals surface area contributed by atoms with Crippen LogP contribution in [0.25, 0.3) is 0 Å². The van der Waals surface area contributed by atoms with Crippen LogP contribution in [0.3, 0.4) is 0 Å². The van der Waals surface area contributed by atoms with E-state index in [4.69, 9.17) is 15.2 Å². The fourth-order valence-electron chi connectivity index (χ4n) is 2.00. The lowest BCUT2D eigenvalue weighted by Crippen LogP contribution is -2.22. The molecule has 0 radical (unpaired) electrons. The van der Waals surface area contributed by atoms with Gasteiger partial charge in [-0.25, -0.2) is 0 Å². The first-order valence-electron chi connectivity index (χ1n) is 7.77. The molecule has 1 rings (SSSR count). The number of ether oxygens (including phenoxy) is 2. The van der Waals surface area contributed by atoms with Crippen LogP contribution in [0.2, 0.25) is 0 Å². The van der Waals surface area contributed by atoms with Gasteiger partial charge >= 0.3 is 0 Å². The SMILES string of the molecule is CCCOc1cc(CC(N)CC)c(OCCC)cc1C. The molecule has 0 amide bonds. The molecule has 1 aromatic rings. The van der Waals surface area contributed by atoms with Crippen molar-refractivity contribution in [2.45, 2.75) is 59.4 Å². The first-order chi connectivity index (χ1) is 9.62. The molecule has 0 spiro atoms. The lowest BCUT2D eigenvalue weighted by molar-refractivity contribution is 0.303. The Hall–Kier alpha value is -1.22. The second-order valence-corrected chi connectivity index (χ2v) is 5.29. The van der Waals surface area contributed by atoms with Crippen LogP contribution < -0.4 is 15.2 Å². The highest BCUT2D eigenvalue weighted by molar-refractivity contribution is 5.46. The Morgan fingerprint density at radius 2 is 1.60 bits per heavy atom. The predicted molar refractivity (Wildman–Crippen MR) is 84.7 cm³/mol. The van der Waals surface area contributed by atoms with E-state index in [0.717, 1.165) is 61.5 Å². The zero-order valence-electron chi connectivity index (χ0n) is 13.4. The zero-order valence-corrected chi connectivity index (χ0v) is 13.4. The first-order valence-corrected chi connectivity index (χ1v) is 7.77. The Morgan fingerprint density at radius 3 is 2.15 bits per heavy atom. The number of hydrogen-bond donors (Lipinski definition) is 1. The maximum Gasteiger partial charge on any atom is 0.123 e. The highest BCUT2D eigenvalue weighted by Crippen LogP contribution is 2.30. The van der Waals surface area contributed by atoms with Crippen molar-refractivity contribution >= 4 is 0 Å². The summed E-state index contributed by atoms with van der Waals surface area (Å²) in [7, 11) is 0. The van der Waals surface area contributed by atoms with Crippen LogP contribution in [0.15, 0.2) is 12.1 Å². The maximum absolute atomic E-state index is 6.09. The van der Waals surface area contributed by atoms with Crippen molar-refractivity contribution in [2.75, 3.05) is 13.2 Å². The van der Waals surface area contributed by atoms with Crippen molar-refractivity contribution in [3.05, 3.63) is 23.3 Å². The van der Waals surface area contributed by atoms with Gasteiger partial charge < -0.3 is 15.2 Å². The highest BCUT2D eigenvalue weighted by Gasteiger charge is 2.12. The first kappa shape index (κ1) is 16.8. The summed E-state index contributed by atoms with van der Waals surface area (Å²) in [6.07, 6.45) is 3.81. The molecular formula is C17H29NO2. The Kier molecular flexibility index (Phi) is 7.45. The van der Waals surface area contributed by atoms with E-state index in [-0.39, 0.29) is 6.04 Å². The van der Waals surface area contributed by atoms with Gasteiger partial charge in [0.2, 0.25) is 0 Å². The van der Waals surface area contributed by atoms with Gasteiger partial charge in [-0.15, -0.1) is 0 Å².